The summed E-state index contributed by atoms with van der Waals surface area (Å²) in [6, 6.07) is 25.6. The number of ether oxygens (including phenoxy) is 1. The molecule has 0 bridgehead atoms. The van der Waals surface area contributed by atoms with E-state index in [-0.39, 0.29) is 22.7 Å². The average molecular weight is 656 g/mol. The largest absolute Gasteiger partial charge is 0.422 e. The lowest BCUT2D eigenvalue weighted by Crippen LogP contribution is -2.32. The fraction of sp³-hybridized carbons (Fsp3) is 0.0625. The lowest BCUT2D eigenvalue weighted by Gasteiger charge is -2.13. The zero-order valence-electron chi connectivity index (χ0n) is 23.6. The number of hydrogen-bond donors (Lipinski definition) is 2. The summed E-state index contributed by atoms with van der Waals surface area (Å²) in [6.07, 6.45) is 2.81. The number of hydrazone groups is 1. The van der Waals surface area contributed by atoms with Crippen LogP contribution in [0.15, 0.2) is 112 Å². The maximum absolute atomic E-state index is 13.2. The molecule has 0 saturated heterocycles. The van der Waals surface area contributed by atoms with Crippen molar-refractivity contribution in [2.75, 3.05) is 19.0 Å². The monoisotopic (exact) mass is 655 g/mol. The first kappa shape index (κ1) is 31.3. The van der Waals surface area contributed by atoms with Gasteiger partial charge in [-0.15, -0.1) is 0 Å². The molecule has 0 radical (unpaired) electrons. The Morgan fingerprint density at radius 2 is 1.59 bits per heavy atom. The van der Waals surface area contributed by atoms with Crippen LogP contribution in [0.1, 0.15) is 31.8 Å². The lowest BCUT2D eigenvalue weighted by molar-refractivity contribution is -0.384. The smallest absolute Gasteiger partial charge is 0.343 e. The number of hydrogen-bond acceptors (Lipinski definition) is 8. The van der Waals surface area contributed by atoms with Crippen molar-refractivity contribution in [3.8, 4) is 5.75 Å². The number of anilines is 1. The molecule has 44 heavy (non-hydrogen) atoms. The van der Waals surface area contributed by atoms with Crippen LogP contribution >= 0.6 is 15.9 Å². The van der Waals surface area contributed by atoms with E-state index in [4.69, 9.17) is 4.74 Å². The van der Waals surface area contributed by atoms with Gasteiger partial charge in [-0.05, 0) is 66.2 Å². The van der Waals surface area contributed by atoms with Crippen LogP contribution in [0, 0.1) is 10.1 Å². The Labute approximate surface area is 261 Å². The van der Waals surface area contributed by atoms with Crippen LogP contribution in [-0.2, 0) is 4.79 Å². The van der Waals surface area contributed by atoms with Gasteiger partial charge < -0.3 is 15.0 Å². The van der Waals surface area contributed by atoms with Crippen molar-refractivity contribution in [1.29, 1.82) is 0 Å². The number of halogens is 1. The SMILES string of the molecule is CN(C)c1ccc(/C=C(/NC(=O)c2ccccc2)C(=O)N/N=C/c2cc(Br)ccc2OC(=O)c2ccc([N+](=O)[O-])cc2)cc1. The van der Waals surface area contributed by atoms with Crippen molar-refractivity contribution in [2.45, 2.75) is 0 Å². The summed E-state index contributed by atoms with van der Waals surface area (Å²) in [4.78, 5) is 51.0. The van der Waals surface area contributed by atoms with Crippen LogP contribution in [0.5, 0.6) is 5.75 Å². The Morgan fingerprint density at radius 1 is 0.909 bits per heavy atom. The number of carbonyl (C=O) groups is 3. The molecular weight excluding hydrogens is 630 g/mol. The van der Waals surface area contributed by atoms with Gasteiger partial charge in [0.1, 0.15) is 11.4 Å². The number of benzene rings is 4. The second-order valence-corrected chi connectivity index (χ2v) is 10.4. The third-order valence-electron chi connectivity index (χ3n) is 6.11. The second kappa shape index (κ2) is 14.5. The molecule has 0 aliphatic rings. The van der Waals surface area contributed by atoms with Gasteiger partial charge in [0.15, 0.2) is 0 Å². The summed E-state index contributed by atoms with van der Waals surface area (Å²) in [7, 11) is 3.82. The molecular formula is C32H26BrN5O6. The number of non-ortho nitro benzene ring substituents is 1. The normalized spacial score (nSPS) is 11.1. The molecule has 12 heteroatoms. The van der Waals surface area contributed by atoms with Gasteiger partial charge in [-0.2, -0.15) is 5.10 Å². The van der Waals surface area contributed by atoms with E-state index in [1.807, 2.05) is 43.3 Å². The second-order valence-electron chi connectivity index (χ2n) is 9.44. The molecule has 0 aliphatic heterocycles. The Bertz CT molecular complexity index is 1740. The predicted molar refractivity (Wildman–Crippen MR) is 171 cm³/mol. The van der Waals surface area contributed by atoms with Crippen molar-refractivity contribution in [3.05, 3.63) is 140 Å². The molecule has 2 amide bonds. The molecule has 222 valence electrons. The van der Waals surface area contributed by atoms with Gasteiger partial charge in [0.25, 0.3) is 17.5 Å². The third kappa shape index (κ3) is 8.46. The van der Waals surface area contributed by atoms with Crippen molar-refractivity contribution in [3.63, 3.8) is 0 Å². The number of rotatable bonds is 10. The van der Waals surface area contributed by atoms with Gasteiger partial charge in [0, 0.05) is 47.5 Å². The van der Waals surface area contributed by atoms with E-state index in [1.165, 1.54) is 42.6 Å². The van der Waals surface area contributed by atoms with Crippen molar-refractivity contribution >= 4 is 57.4 Å². The third-order valence-corrected chi connectivity index (χ3v) is 6.60. The van der Waals surface area contributed by atoms with E-state index < -0.39 is 22.7 Å². The standard InChI is InChI=1S/C32H26BrN5O6/c1-37(2)26-13-8-21(9-14-26)18-28(35-30(39)22-6-4-3-5-7-22)31(40)36-34-20-24-19-25(33)12-17-29(24)44-32(41)23-10-15-27(16-11-23)38(42)43/h3-20H,1-2H3,(H,35,39)(H,36,40)/b28-18+,34-20+. The zero-order chi connectivity index (χ0) is 31.6. The lowest BCUT2D eigenvalue weighted by atomic mass is 10.1. The molecule has 0 aromatic heterocycles. The fourth-order valence-electron chi connectivity index (χ4n) is 3.79. The zero-order valence-corrected chi connectivity index (χ0v) is 25.1. The number of nitro groups is 1. The minimum atomic E-state index is -0.741. The van der Waals surface area contributed by atoms with Crippen molar-refractivity contribution < 1.29 is 24.0 Å². The molecule has 11 nitrogen and oxygen atoms in total. The number of esters is 1. The van der Waals surface area contributed by atoms with Crippen LogP contribution in [-0.4, -0.2) is 43.0 Å². The van der Waals surface area contributed by atoms with Gasteiger partial charge >= 0.3 is 5.97 Å². The van der Waals surface area contributed by atoms with E-state index in [1.54, 1.807) is 42.5 Å². The van der Waals surface area contributed by atoms with Gasteiger partial charge in [-0.25, -0.2) is 10.2 Å². The molecule has 0 atom stereocenters. The van der Waals surface area contributed by atoms with Crippen molar-refractivity contribution in [2.24, 2.45) is 5.10 Å². The van der Waals surface area contributed by atoms with E-state index in [9.17, 15) is 24.5 Å². The Balaban J connectivity index is 1.53. The molecule has 0 fully saturated rings. The predicted octanol–water partition coefficient (Wildman–Crippen LogP) is 5.56. The molecule has 0 saturated carbocycles. The first-order valence-electron chi connectivity index (χ1n) is 13.1. The van der Waals surface area contributed by atoms with Crippen LogP contribution in [0.25, 0.3) is 6.08 Å². The summed E-state index contributed by atoms with van der Waals surface area (Å²) < 4.78 is 6.14. The van der Waals surface area contributed by atoms with Crippen LogP contribution in [0.3, 0.4) is 0 Å². The molecule has 4 aromatic rings. The quantitative estimate of drug-likeness (QED) is 0.0568. The molecule has 0 aliphatic carbocycles. The highest BCUT2D eigenvalue weighted by Gasteiger charge is 2.16. The first-order valence-corrected chi connectivity index (χ1v) is 13.8. The Kier molecular flexibility index (Phi) is 10.3. The van der Waals surface area contributed by atoms with Gasteiger partial charge in [0.05, 0.1) is 16.7 Å². The number of carbonyl (C=O) groups excluding carboxylic acids is 3. The molecule has 2 N–H and O–H groups in total. The highest BCUT2D eigenvalue weighted by Crippen LogP contribution is 2.23. The maximum Gasteiger partial charge on any atom is 0.343 e. The molecule has 4 rings (SSSR count). The van der Waals surface area contributed by atoms with E-state index in [0.29, 0.717) is 21.2 Å². The van der Waals surface area contributed by atoms with E-state index >= 15 is 0 Å². The molecule has 0 heterocycles. The van der Waals surface area contributed by atoms with Crippen LogP contribution < -0.4 is 20.4 Å². The summed E-state index contributed by atoms with van der Waals surface area (Å²) in [5.74, 6) is -1.78. The van der Waals surface area contributed by atoms with E-state index in [0.717, 1.165) is 5.69 Å². The van der Waals surface area contributed by atoms with Crippen LogP contribution in [0.4, 0.5) is 11.4 Å². The summed E-state index contributed by atoms with van der Waals surface area (Å²) in [5, 5.41) is 17.6. The maximum atomic E-state index is 13.2. The first-order chi connectivity index (χ1) is 21.1. The number of amides is 2. The average Bonchev–Trinajstić information content (AvgIpc) is 3.02. The van der Waals surface area contributed by atoms with Crippen molar-refractivity contribution in [1.82, 2.24) is 10.7 Å². The highest BCUT2D eigenvalue weighted by molar-refractivity contribution is 9.10. The highest BCUT2D eigenvalue weighted by atomic mass is 79.9. The topological polar surface area (TPSA) is 143 Å². The van der Waals surface area contributed by atoms with E-state index in [2.05, 4.69) is 31.8 Å². The van der Waals surface area contributed by atoms with Gasteiger partial charge in [-0.3, -0.25) is 19.7 Å². The summed E-state index contributed by atoms with van der Waals surface area (Å²) in [5.41, 5.74) is 4.65. The molecule has 4 aromatic carbocycles. The van der Waals surface area contributed by atoms with Crippen LogP contribution in [0.2, 0.25) is 0 Å². The number of nitrogens with zero attached hydrogens (tertiary/aromatic N) is 3. The summed E-state index contributed by atoms with van der Waals surface area (Å²) >= 11 is 3.36. The molecule has 0 spiro atoms. The number of nitro benzene ring substituents is 1. The Hall–Kier alpha value is -5.62. The summed E-state index contributed by atoms with van der Waals surface area (Å²) in [6.45, 7) is 0. The Morgan fingerprint density at radius 3 is 2.23 bits per heavy atom. The van der Waals surface area contributed by atoms with Gasteiger partial charge in [0.2, 0.25) is 0 Å². The molecule has 0 unspecified atom stereocenters. The minimum Gasteiger partial charge on any atom is -0.422 e. The minimum absolute atomic E-state index is 0.0485. The number of nitrogens with one attached hydrogen (secondary N) is 2. The fourth-order valence-corrected chi connectivity index (χ4v) is 4.17. The van der Waals surface area contributed by atoms with Gasteiger partial charge in [-0.1, -0.05) is 46.3 Å².